The van der Waals surface area contributed by atoms with Gasteiger partial charge in [0, 0.05) is 44.6 Å². The predicted octanol–water partition coefficient (Wildman–Crippen LogP) is 1.67. The van der Waals surface area contributed by atoms with Gasteiger partial charge in [-0.2, -0.15) is 18.0 Å². The minimum absolute atomic E-state index is 0.131. The van der Waals surface area contributed by atoms with Crippen LogP contribution in [0.3, 0.4) is 0 Å². The van der Waals surface area contributed by atoms with Crippen LogP contribution in [0.1, 0.15) is 6.42 Å². The number of hydrogen-bond acceptors (Lipinski definition) is 5. The molecule has 3 heterocycles. The number of likely N-dealkylation sites (tertiary alicyclic amines) is 1. The van der Waals surface area contributed by atoms with E-state index < -0.39 is 10.2 Å². The van der Waals surface area contributed by atoms with Gasteiger partial charge in [0.25, 0.3) is 0 Å². The Bertz CT molecular complexity index is 942. The third-order valence-corrected chi connectivity index (χ3v) is 6.98. The zero-order valence-corrected chi connectivity index (χ0v) is 15.0. The molecule has 2 aliphatic rings. The summed E-state index contributed by atoms with van der Waals surface area (Å²) in [6, 6.07) is 11.2. The topological polar surface area (TPSA) is 80.5 Å². The molecular weight excluding hydrogens is 350 g/mol. The second-order valence-electron chi connectivity index (χ2n) is 6.47. The van der Waals surface area contributed by atoms with Gasteiger partial charge in [0.15, 0.2) is 6.19 Å². The van der Waals surface area contributed by atoms with Crippen molar-refractivity contribution in [3.63, 3.8) is 0 Å². The molecule has 7 nitrogen and oxygen atoms in total. The minimum Gasteiger partial charge on any atom is -0.309 e. The van der Waals surface area contributed by atoms with Gasteiger partial charge in [-0.15, -0.1) is 0 Å². The summed E-state index contributed by atoms with van der Waals surface area (Å²) in [5.41, 5.74) is 2.61. The fraction of sp³-hybridized carbons (Fsp3) is 0.333. The van der Waals surface area contributed by atoms with Crippen LogP contribution < -0.4 is 4.31 Å². The summed E-state index contributed by atoms with van der Waals surface area (Å²) < 4.78 is 29.1. The lowest BCUT2D eigenvalue weighted by molar-refractivity contribution is 0.345. The number of hydrogen-bond donors (Lipinski definition) is 0. The first-order chi connectivity index (χ1) is 12.6. The van der Waals surface area contributed by atoms with Gasteiger partial charge in [0.2, 0.25) is 0 Å². The highest BCUT2D eigenvalue weighted by Gasteiger charge is 2.43. The normalized spacial score (nSPS) is 22.5. The number of benzene rings is 1. The average molecular weight is 369 g/mol. The van der Waals surface area contributed by atoms with Crippen molar-refractivity contribution < 1.29 is 8.42 Å². The molecule has 2 fully saturated rings. The van der Waals surface area contributed by atoms with Gasteiger partial charge < -0.3 is 4.90 Å². The Morgan fingerprint density at radius 3 is 2.62 bits per heavy atom. The molecule has 134 valence electrons. The van der Waals surface area contributed by atoms with Gasteiger partial charge in [-0.1, -0.05) is 12.1 Å². The second kappa shape index (κ2) is 6.59. The Kier molecular flexibility index (Phi) is 4.26. The standard InChI is InChI=1S/C18H19N5O2S/c19-14-21-9-6-18(13-21)23-11-10-22(26(23,24)25)17-3-1-2-16(12-17)15-4-7-20-8-5-15/h1-5,7-8,12,18H,6,9-11,13H2. The lowest BCUT2D eigenvalue weighted by Gasteiger charge is -2.24. The Morgan fingerprint density at radius 2 is 1.88 bits per heavy atom. The highest BCUT2D eigenvalue weighted by molar-refractivity contribution is 7.90. The molecule has 1 aromatic heterocycles. The average Bonchev–Trinajstić information content (AvgIpc) is 3.26. The third kappa shape index (κ3) is 2.89. The lowest BCUT2D eigenvalue weighted by atomic mass is 10.1. The molecule has 0 N–H and O–H groups in total. The van der Waals surface area contributed by atoms with Crippen LogP contribution in [0.15, 0.2) is 48.8 Å². The zero-order chi connectivity index (χ0) is 18.1. The lowest BCUT2D eigenvalue weighted by Crippen LogP contribution is -2.41. The van der Waals surface area contributed by atoms with E-state index in [1.165, 1.54) is 4.31 Å². The third-order valence-electron chi connectivity index (χ3n) is 4.96. The van der Waals surface area contributed by atoms with Crippen LogP contribution >= 0.6 is 0 Å². The van der Waals surface area contributed by atoms with E-state index in [2.05, 4.69) is 11.2 Å². The van der Waals surface area contributed by atoms with E-state index in [0.29, 0.717) is 38.3 Å². The Balaban J connectivity index is 1.61. The molecule has 2 saturated heterocycles. The summed E-state index contributed by atoms with van der Waals surface area (Å²) in [6.45, 7) is 1.96. The SMILES string of the molecule is N#CN1CCC(N2CCN(c3cccc(-c4ccncc4)c3)S2(=O)=O)C1. The van der Waals surface area contributed by atoms with Crippen molar-refractivity contribution in [2.24, 2.45) is 0 Å². The van der Waals surface area contributed by atoms with E-state index in [1.807, 2.05) is 36.4 Å². The van der Waals surface area contributed by atoms with E-state index in [0.717, 1.165) is 11.1 Å². The highest BCUT2D eigenvalue weighted by Crippen LogP contribution is 2.31. The fourth-order valence-electron chi connectivity index (χ4n) is 3.63. The van der Waals surface area contributed by atoms with Crippen LogP contribution in [-0.4, -0.2) is 54.8 Å². The van der Waals surface area contributed by atoms with Crippen LogP contribution in [0.5, 0.6) is 0 Å². The second-order valence-corrected chi connectivity index (χ2v) is 8.27. The van der Waals surface area contributed by atoms with Crippen LogP contribution in [0.25, 0.3) is 11.1 Å². The highest BCUT2D eigenvalue weighted by atomic mass is 32.2. The summed E-state index contributed by atoms with van der Waals surface area (Å²) in [5.74, 6) is 0. The predicted molar refractivity (Wildman–Crippen MR) is 98.2 cm³/mol. The van der Waals surface area contributed by atoms with Crippen LogP contribution in [-0.2, 0) is 10.2 Å². The van der Waals surface area contributed by atoms with Crippen molar-refractivity contribution in [2.45, 2.75) is 12.5 Å². The maximum Gasteiger partial charge on any atom is 0.304 e. The van der Waals surface area contributed by atoms with Gasteiger partial charge in [-0.05, 0) is 41.8 Å². The van der Waals surface area contributed by atoms with E-state index in [4.69, 9.17) is 5.26 Å². The molecule has 2 aliphatic heterocycles. The Labute approximate surface area is 153 Å². The number of rotatable bonds is 3. The van der Waals surface area contributed by atoms with Crippen molar-refractivity contribution in [3.05, 3.63) is 48.8 Å². The minimum atomic E-state index is -3.58. The molecule has 0 bridgehead atoms. The quantitative estimate of drug-likeness (QED) is 0.769. The summed E-state index contributed by atoms with van der Waals surface area (Å²) in [6.07, 6.45) is 6.24. The molecule has 0 spiro atoms. The molecular formula is C18H19N5O2S. The van der Waals surface area contributed by atoms with Crippen LogP contribution in [0.4, 0.5) is 5.69 Å². The molecule has 0 saturated carbocycles. The smallest absolute Gasteiger partial charge is 0.304 e. The van der Waals surface area contributed by atoms with Crippen LogP contribution in [0, 0.1) is 11.5 Å². The Morgan fingerprint density at radius 1 is 1.08 bits per heavy atom. The van der Waals surface area contributed by atoms with Crippen LogP contribution in [0.2, 0.25) is 0 Å². The van der Waals surface area contributed by atoms with E-state index in [1.54, 1.807) is 21.6 Å². The first-order valence-corrected chi connectivity index (χ1v) is 9.94. The number of nitriles is 1. The first-order valence-electron chi connectivity index (χ1n) is 8.54. The maximum absolute atomic E-state index is 13.1. The van der Waals surface area contributed by atoms with Crippen molar-refractivity contribution in [1.82, 2.24) is 14.2 Å². The van der Waals surface area contributed by atoms with Gasteiger partial charge in [0.1, 0.15) is 0 Å². The van der Waals surface area contributed by atoms with Gasteiger partial charge in [-0.25, -0.2) is 0 Å². The molecule has 8 heteroatoms. The molecule has 1 atom stereocenters. The fourth-order valence-corrected chi connectivity index (χ4v) is 5.44. The van der Waals surface area contributed by atoms with Crippen molar-refractivity contribution in [2.75, 3.05) is 30.5 Å². The van der Waals surface area contributed by atoms with E-state index in [9.17, 15) is 8.42 Å². The summed E-state index contributed by atoms with van der Waals surface area (Å²) in [5, 5.41) is 9.02. The summed E-state index contributed by atoms with van der Waals surface area (Å²) in [4.78, 5) is 5.64. The molecule has 4 rings (SSSR count). The molecule has 2 aromatic rings. The molecule has 1 unspecified atom stereocenters. The van der Waals surface area contributed by atoms with Gasteiger partial charge >= 0.3 is 10.2 Å². The summed E-state index contributed by atoms with van der Waals surface area (Å²) >= 11 is 0. The molecule has 26 heavy (non-hydrogen) atoms. The Hall–Kier alpha value is -2.63. The first kappa shape index (κ1) is 16.8. The van der Waals surface area contributed by atoms with Crippen molar-refractivity contribution >= 4 is 15.9 Å². The van der Waals surface area contributed by atoms with Gasteiger partial charge in [0.05, 0.1) is 5.69 Å². The molecule has 1 aromatic carbocycles. The van der Waals surface area contributed by atoms with Crippen molar-refractivity contribution in [1.29, 1.82) is 5.26 Å². The molecule has 0 amide bonds. The van der Waals surface area contributed by atoms with Gasteiger partial charge in [-0.3, -0.25) is 9.29 Å². The monoisotopic (exact) mass is 369 g/mol. The number of aromatic nitrogens is 1. The maximum atomic E-state index is 13.1. The largest absolute Gasteiger partial charge is 0.309 e. The van der Waals surface area contributed by atoms with Crippen molar-refractivity contribution in [3.8, 4) is 17.3 Å². The van der Waals surface area contributed by atoms with E-state index in [-0.39, 0.29) is 6.04 Å². The molecule has 0 radical (unpaired) electrons. The molecule has 0 aliphatic carbocycles. The number of anilines is 1. The zero-order valence-electron chi connectivity index (χ0n) is 14.2. The summed E-state index contributed by atoms with van der Waals surface area (Å²) in [7, 11) is -3.58. The van der Waals surface area contributed by atoms with E-state index >= 15 is 0 Å². The number of pyridine rings is 1. The number of nitrogens with zero attached hydrogens (tertiary/aromatic N) is 5.